The number of hydrogen-bond donors (Lipinski definition) is 1. The fourth-order valence-corrected chi connectivity index (χ4v) is 4.08. The maximum absolute atomic E-state index is 13.5. The average molecular weight is 498 g/mol. The normalized spacial score (nSPS) is 10.8. The van der Waals surface area contributed by atoms with Crippen molar-refractivity contribution < 1.29 is 14.1 Å². The van der Waals surface area contributed by atoms with Crippen LogP contribution in [0.15, 0.2) is 71.9 Å². The van der Waals surface area contributed by atoms with Gasteiger partial charge in [-0.1, -0.05) is 53.7 Å². The molecule has 8 nitrogen and oxygen atoms in total. The van der Waals surface area contributed by atoms with E-state index < -0.39 is 22.3 Å². The highest BCUT2D eigenvalue weighted by Crippen LogP contribution is 2.30. The van der Waals surface area contributed by atoms with Crippen LogP contribution < -0.4 is 5.32 Å². The van der Waals surface area contributed by atoms with Gasteiger partial charge in [0.15, 0.2) is 11.0 Å². The number of amides is 1. The number of carbonyl (C=O) groups is 1. The molecule has 0 aliphatic carbocycles. The molecule has 1 amide bonds. The van der Waals surface area contributed by atoms with Gasteiger partial charge >= 0.3 is 5.69 Å². The van der Waals surface area contributed by atoms with E-state index in [0.29, 0.717) is 16.0 Å². The third-order valence-corrected chi connectivity index (χ3v) is 6.17. The molecule has 1 heterocycles. The minimum absolute atomic E-state index is 0.0508. The summed E-state index contributed by atoms with van der Waals surface area (Å²) in [5.41, 5.74) is 1.91. The van der Waals surface area contributed by atoms with Crippen LogP contribution in [0.1, 0.15) is 5.56 Å². The Kier molecular flexibility index (Phi) is 6.90. The number of nitrogens with one attached hydrogen (secondary N) is 1. The van der Waals surface area contributed by atoms with Gasteiger partial charge in [0.05, 0.1) is 10.7 Å². The topological polar surface area (TPSA) is 103 Å². The molecule has 0 unspecified atom stereocenters. The lowest BCUT2D eigenvalue weighted by atomic mass is 10.1. The van der Waals surface area contributed by atoms with Crippen molar-refractivity contribution in [1.82, 2.24) is 14.8 Å². The second kappa shape index (κ2) is 10.0. The van der Waals surface area contributed by atoms with Crippen molar-refractivity contribution in [2.24, 2.45) is 0 Å². The number of rotatable bonds is 7. The third-order valence-electron chi connectivity index (χ3n) is 4.84. The molecule has 0 fully saturated rings. The first-order valence-corrected chi connectivity index (χ1v) is 11.3. The van der Waals surface area contributed by atoms with Gasteiger partial charge in [-0.3, -0.25) is 19.5 Å². The quantitative estimate of drug-likeness (QED) is 0.200. The van der Waals surface area contributed by atoms with Crippen LogP contribution in [0.5, 0.6) is 0 Å². The molecule has 11 heteroatoms. The van der Waals surface area contributed by atoms with Gasteiger partial charge in [-0.2, -0.15) is 4.39 Å². The summed E-state index contributed by atoms with van der Waals surface area (Å²) in [7, 11) is 0. The van der Waals surface area contributed by atoms with E-state index in [1.165, 1.54) is 6.07 Å². The molecule has 1 aromatic heterocycles. The number of aromatic nitrogens is 3. The fraction of sp³-hybridized carbons (Fsp3) is 0.0870. The van der Waals surface area contributed by atoms with Crippen LogP contribution in [0.4, 0.5) is 15.8 Å². The van der Waals surface area contributed by atoms with Crippen LogP contribution in [0.3, 0.4) is 0 Å². The van der Waals surface area contributed by atoms with Crippen molar-refractivity contribution in [3.05, 3.63) is 93.2 Å². The zero-order valence-electron chi connectivity index (χ0n) is 17.7. The highest BCUT2D eigenvalue weighted by molar-refractivity contribution is 7.99. The zero-order valence-corrected chi connectivity index (χ0v) is 19.3. The predicted molar refractivity (Wildman–Crippen MR) is 129 cm³/mol. The fourth-order valence-electron chi connectivity index (χ4n) is 3.15. The Hall–Kier alpha value is -3.76. The number of thioether (sulfide) groups is 1. The van der Waals surface area contributed by atoms with E-state index >= 15 is 0 Å². The van der Waals surface area contributed by atoms with Gasteiger partial charge < -0.3 is 5.32 Å². The number of carbonyl (C=O) groups excluding carboxylic acids is 1. The summed E-state index contributed by atoms with van der Waals surface area (Å²) >= 11 is 7.45. The second-order valence-corrected chi connectivity index (χ2v) is 8.55. The number of anilines is 1. The maximum Gasteiger partial charge on any atom is 0.306 e. The molecule has 0 atom stereocenters. The van der Waals surface area contributed by atoms with Crippen LogP contribution in [0, 0.1) is 22.9 Å². The first-order chi connectivity index (χ1) is 16.3. The first kappa shape index (κ1) is 23.4. The Labute approximate surface area is 202 Å². The molecule has 0 spiro atoms. The SMILES string of the molecule is Cc1ccc(-c2nnc(SCC(=O)Nc3ccc(F)c([N+](=O)[O-])c3)n2-c2ccccc2)cc1Cl. The molecule has 4 rings (SSSR count). The van der Waals surface area contributed by atoms with Gasteiger partial charge in [-0.15, -0.1) is 10.2 Å². The van der Waals surface area contributed by atoms with Crippen molar-refractivity contribution >= 4 is 40.6 Å². The van der Waals surface area contributed by atoms with Crippen molar-refractivity contribution in [3.8, 4) is 17.1 Å². The molecular weight excluding hydrogens is 481 g/mol. The van der Waals surface area contributed by atoms with Crippen LogP contribution in [-0.2, 0) is 4.79 Å². The van der Waals surface area contributed by atoms with E-state index in [-0.39, 0.29) is 11.4 Å². The average Bonchev–Trinajstić information content (AvgIpc) is 3.25. The van der Waals surface area contributed by atoms with Gasteiger partial charge in [-0.05, 0) is 42.8 Å². The molecule has 0 bridgehead atoms. The number of halogens is 2. The highest BCUT2D eigenvalue weighted by atomic mass is 35.5. The molecule has 0 radical (unpaired) electrons. The van der Waals surface area contributed by atoms with Gasteiger partial charge in [-0.25, -0.2) is 0 Å². The number of benzene rings is 3. The van der Waals surface area contributed by atoms with Gasteiger partial charge in [0.25, 0.3) is 0 Å². The number of hydrogen-bond acceptors (Lipinski definition) is 6. The Bertz CT molecular complexity index is 1380. The van der Waals surface area contributed by atoms with Crippen LogP contribution in [0.25, 0.3) is 17.1 Å². The first-order valence-electron chi connectivity index (χ1n) is 9.97. The molecule has 4 aromatic rings. The van der Waals surface area contributed by atoms with Gasteiger partial charge in [0.1, 0.15) is 0 Å². The Morgan fingerprint density at radius 3 is 2.62 bits per heavy atom. The lowest BCUT2D eigenvalue weighted by Crippen LogP contribution is -2.15. The van der Waals surface area contributed by atoms with E-state index in [1.807, 2.05) is 60.0 Å². The lowest BCUT2D eigenvalue weighted by Gasteiger charge is -2.11. The minimum Gasteiger partial charge on any atom is -0.325 e. The third kappa shape index (κ3) is 5.08. The number of nitro groups is 1. The maximum atomic E-state index is 13.5. The molecule has 0 aliphatic rings. The van der Waals surface area contributed by atoms with Crippen molar-refractivity contribution in [1.29, 1.82) is 0 Å². The molecule has 172 valence electrons. The van der Waals surface area contributed by atoms with Gasteiger partial charge in [0.2, 0.25) is 11.7 Å². The van der Waals surface area contributed by atoms with Crippen molar-refractivity contribution in [2.45, 2.75) is 12.1 Å². The molecule has 0 saturated carbocycles. The number of nitro benzene ring substituents is 1. The van der Waals surface area contributed by atoms with E-state index in [4.69, 9.17) is 11.6 Å². The summed E-state index contributed by atoms with van der Waals surface area (Å²) in [6.07, 6.45) is 0. The predicted octanol–water partition coefficient (Wildman–Crippen LogP) is 5.67. The molecule has 0 saturated heterocycles. The minimum atomic E-state index is -0.975. The number of aryl methyl sites for hydroxylation is 1. The largest absolute Gasteiger partial charge is 0.325 e. The molecular formula is C23H17ClFN5O3S. The van der Waals surface area contributed by atoms with Crippen LogP contribution in [0.2, 0.25) is 5.02 Å². The van der Waals surface area contributed by atoms with Crippen molar-refractivity contribution in [3.63, 3.8) is 0 Å². The Morgan fingerprint density at radius 1 is 1.15 bits per heavy atom. The summed E-state index contributed by atoms with van der Waals surface area (Å²) in [5.74, 6) is -0.902. The number of nitrogens with zero attached hydrogens (tertiary/aromatic N) is 4. The van der Waals surface area contributed by atoms with E-state index in [0.717, 1.165) is 40.7 Å². The summed E-state index contributed by atoms with van der Waals surface area (Å²) in [4.78, 5) is 22.6. The van der Waals surface area contributed by atoms with E-state index in [1.54, 1.807) is 0 Å². The number of para-hydroxylation sites is 1. The summed E-state index contributed by atoms with van der Waals surface area (Å²) in [5, 5.41) is 23.1. The molecule has 1 N–H and O–H groups in total. The van der Waals surface area contributed by atoms with Crippen LogP contribution >= 0.6 is 23.4 Å². The standard InChI is InChI=1S/C23H17ClFN5O3S/c1-14-7-8-15(11-18(14)24)22-27-28-23(29(22)17-5-3-2-4-6-17)34-13-21(31)26-16-9-10-19(25)20(12-16)30(32)33/h2-12H,13H2,1H3,(H,26,31). The van der Waals surface area contributed by atoms with E-state index in [2.05, 4.69) is 15.5 Å². The van der Waals surface area contributed by atoms with E-state index in [9.17, 15) is 19.3 Å². The molecule has 34 heavy (non-hydrogen) atoms. The Morgan fingerprint density at radius 2 is 1.91 bits per heavy atom. The zero-order chi connectivity index (χ0) is 24.2. The van der Waals surface area contributed by atoms with Crippen LogP contribution in [-0.4, -0.2) is 31.3 Å². The summed E-state index contributed by atoms with van der Waals surface area (Å²) in [6.45, 7) is 1.91. The second-order valence-electron chi connectivity index (χ2n) is 7.20. The summed E-state index contributed by atoms with van der Waals surface area (Å²) < 4.78 is 15.4. The Balaban J connectivity index is 1.58. The highest BCUT2D eigenvalue weighted by Gasteiger charge is 2.19. The molecule has 0 aliphatic heterocycles. The van der Waals surface area contributed by atoms with Crippen molar-refractivity contribution in [2.75, 3.05) is 11.1 Å². The van der Waals surface area contributed by atoms with Gasteiger partial charge in [0, 0.05) is 28.0 Å². The summed E-state index contributed by atoms with van der Waals surface area (Å²) in [6, 6.07) is 18.2. The molecule has 3 aromatic carbocycles. The lowest BCUT2D eigenvalue weighted by molar-refractivity contribution is -0.387. The monoisotopic (exact) mass is 497 g/mol. The smallest absolute Gasteiger partial charge is 0.306 e.